The lowest BCUT2D eigenvalue weighted by atomic mass is 9.88. The normalized spacial score (nSPS) is 24.1. The van der Waals surface area contributed by atoms with Gasteiger partial charge in [0.2, 0.25) is 5.88 Å². The molecule has 79 heavy (non-hydrogen) atoms. The average Bonchev–Trinajstić information content (AvgIpc) is 3.40. The van der Waals surface area contributed by atoms with E-state index in [9.17, 15) is 38.7 Å². The van der Waals surface area contributed by atoms with Crippen LogP contribution in [0.5, 0.6) is 5.88 Å². The minimum Gasteiger partial charge on any atom is -0.481 e. The predicted molar refractivity (Wildman–Crippen MR) is 295 cm³/mol. The van der Waals surface area contributed by atoms with E-state index in [1.807, 2.05) is 55.4 Å². The van der Waals surface area contributed by atoms with Gasteiger partial charge in [-0.25, -0.2) is 24.2 Å². The molecule has 3 aromatic rings. The number of aromatic nitrogens is 1. The molecule has 0 saturated carbocycles. The highest BCUT2D eigenvalue weighted by Crippen LogP contribution is 2.31. The third-order valence-electron chi connectivity index (χ3n) is 14.2. The van der Waals surface area contributed by atoms with Crippen molar-refractivity contribution in [2.24, 2.45) is 23.7 Å². The van der Waals surface area contributed by atoms with Crippen LogP contribution in [-0.2, 0) is 75.7 Å². The first-order valence-electron chi connectivity index (χ1n) is 27.2. The fourth-order valence-electron chi connectivity index (χ4n) is 9.44. The molecule has 2 heterocycles. The van der Waals surface area contributed by atoms with Crippen molar-refractivity contribution in [2.45, 2.75) is 169 Å². The van der Waals surface area contributed by atoms with Crippen molar-refractivity contribution in [3.63, 3.8) is 0 Å². The van der Waals surface area contributed by atoms with Crippen LogP contribution in [0.3, 0.4) is 0 Å². The van der Waals surface area contributed by atoms with Crippen molar-refractivity contribution >= 4 is 47.5 Å². The van der Waals surface area contributed by atoms with Gasteiger partial charge in [-0.1, -0.05) is 110 Å². The van der Waals surface area contributed by atoms with Crippen LogP contribution in [0.25, 0.3) is 0 Å². The summed E-state index contributed by atoms with van der Waals surface area (Å²) in [6, 6.07) is 13.6. The van der Waals surface area contributed by atoms with Gasteiger partial charge in [0.1, 0.15) is 29.8 Å². The molecule has 1 saturated heterocycles. The molecule has 1 aromatic heterocycles. The number of hydrogen-bond donors (Lipinski definition) is 1. The van der Waals surface area contributed by atoms with Crippen molar-refractivity contribution in [1.82, 2.24) is 24.6 Å². The Bertz CT molecular complexity index is 2540. The lowest BCUT2D eigenvalue weighted by Gasteiger charge is -2.35. The third-order valence-corrected chi connectivity index (χ3v) is 14.2. The molecular formula is C60H85N5O14. The zero-order valence-electron chi connectivity index (χ0n) is 49.1. The number of hydrogen-bond acceptors (Lipinski definition) is 15. The first-order chi connectivity index (χ1) is 37.0. The van der Waals surface area contributed by atoms with E-state index >= 15 is 4.79 Å². The highest BCUT2D eigenvalue weighted by molar-refractivity contribution is 5.94. The molecule has 0 radical (unpaired) electrons. The Morgan fingerprint density at radius 2 is 0.823 bits per heavy atom. The molecule has 19 heteroatoms. The van der Waals surface area contributed by atoms with Crippen molar-refractivity contribution in [2.75, 3.05) is 35.3 Å². The largest absolute Gasteiger partial charge is 0.481 e. The van der Waals surface area contributed by atoms with Crippen LogP contribution in [0.2, 0.25) is 0 Å². The summed E-state index contributed by atoms with van der Waals surface area (Å²) in [5.41, 5.74) is 0.580. The molecule has 1 N–H and O–H groups in total. The molecule has 4 rings (SSSR count). The van der Waals surface area contributed by atoms with Gasteiger partial charge >= 0.3 is 23.9 Å². The Labute approximate surface area is 466 Å². The minimum absolute atomic E-state index is 0.0535. The number of pyridine rings is 1. The summed E-state index contributed by atoms with van der Waals surface area (Å²) in [5.74, 6) is -7.27. The number of carbonyl (C=O) groups is 8. The lowest BCUT2D eigenvalue weighted by Crippen LogP contribution is -2.55. The van der Waals surface area contributed by atoms with Crippen molar-refractivity contribution in [3.05, 3.63) is 95.2 Å². The molecule has 19 nitrogen and oxygen atoms in total. The zero-order chi connectivity index (χ0) is 59.2. The summed E-state index contributed by atoms with van der Waals surface area (Å²) in [7, 11) is 6.97. The van der Waals surface area contributed by atoms with Crippen LogP contribution in [0.15, 0.2) is 72.9 Å². The van der Waals surface area contributed by atoms with E-state index in [0.29, 0.717) is 28.1 Å². The number of rotatable bonds is 15. The monoisotopic (exact) mass is 1100 g/mol. The van der Waals surface area contributed by atoms with E-state index in [1.165, 1.54) is 55.3 Å². The number of cyclic esters (lactones) is 4. The number of carbonyl (C=O) groups excluding carboxylic acids is 8. The number of methoxy groups -OCH3 is 1. The zero-order valence-corrected chi connectivity index (χ0v) is 49.1. The van der Waals surface area contributed by atoms with Crippen LogP contribution < -0.4 is 4.74 Å². The van der Waals surface area contributed by atoms with E-state index in [-0.39, 0.29) is 62.2 Å². The summed E-state index contributed by atoms with van der Waals surface area (Å²) in [6.07, 6.45) is -4.66. The van der Waals surface area contributed by atoms with E-state index in [4.69, 9.17) is 23.7 Å². The number of esters is 4. The molecule has 0 aliphatic carbocycles. The number of aliphatic hydroxyl groups is 1. The van der Waals surface area contributed by atoms with Gasteiger partial charge in [0, 0.05) is 58.9 Å². The minimum atomic E-state index is -1.61. The standard InChI is InChI=1S/C60H85N5O14/c1-35(2)28-45-56(70)76-40(10)53(67)63(13)48(31-38(7)8)59(73)79-50(33-42-22-24-43(25-23-42)60(11,74)44-26-27-51(75-16)61-34-44)55(69)65(15)46(29-36(3)4)57(71)77-39(9)52(66)62(12)47(30-37(5)6)58(72)78-49(54(68)64(45)14)32-41-20-18-17-19-21-41/h17-27,34-40,45-50,74H,28-33H2,1-16H3/t39-,40-,45+,46+,47+,48+,49-,50-,60?/m1/s1. The summed E-state index contributed by atoms with van der Waals surface area (Å²) in [4.78, 5) is 125. The van der Waals surface area contributed by atoms with Crippen molar-refractivity contribution < 1.29 is 67.1 Å². The molecule has 2 aromatic carbocycles. The second kappa shape index (κ2) is 28.8. The first-order valence-corrected chi connectivity index (χ1v) is 27.2. The SMILES string of the molecule is COc1ccc(C(C)(O)c2ccc(C[C@H]3OC(=O)[C@H](CC(C)C)N(C)C(=O)[C@@H](C)OC(=O)[C@H](CC(C)C)N(C)C(=O)[C@@H](Cc4ccccc4)OC(=O)[C@H](CC(C)C)N(C)C(=O)[C@@H](C)OC(=O)[C@H](CC(C)C)N(C)C3=O)cc2)cn1. The molecule has 1 aliphatic heterocycles. The second-order valence-corrected chi connectivity index (χ2v) is 22.6. The fraction of sp³-hybridized carbons (Fsp3) is 0.583. The number of benzene rings is 2. The Morgan fingerprint density at radius 1 is 0.494 bits per heavy atom. The smallest absolute Gasteiger partial charge is 0.329 e. The van der Waals surface area contributed by atoms with E-state index in [1.54, 1.807) is 73.7 Å². The number of nitrogens with zero attached hydrogens (tertiary/aromatic N) is 5. The van der Waals surface area contributed by atoms with Crippen molar-refractivity contribution in [3.8, 4) is 5.88 Å². The maximum Gasteiger partial charge on any atom is 0.329 e. The van der Waals surface area contributed by atoms with Gasteiger partial charge in [-0.05, 0) is 92.9 Å². The predicted octanol–water partition coefficient (Wildman–Crippen LogP) is 6.32. The Balaban J connectivity index is 1.87. The molecular weight excluding hydrogens is 1010 g/mol. The summed E-state index contributed by atoms with van der Waals surface area (Å²) in [5, 5.41) is 11.7. The molecule has 1 aliphatic rings. The maximum atomic E-state index is 15.0. The highest BCUT2D eigenvalue weighted by atomic mass is 16.6. The maximum absolute atomic E-state index is 15.0. The summed E-state index contributed by atoms with van der Waals surface area (Å²) < 4.78 is 29.2. The van der Waals surface area contributed by atoms with Crippen LogP contribution in [0.1, 0.15) is 124 Å². The average molecular weight is 1100 g/mol. The lowest BCUT2D eigenvalue weighted by molar-refractivity contribution is -0.176. The van der Waals surface area contributed by atoms with Gasteiger partial charge in [0.25, 0.3) is 23.6 Å². The highest BCUT2D eigenvalue weighted by Gasteiger charge is 2.43. The van der Waals surface area contributed by atoms with E-state index < -0.39 is 102 Å². The van der Waals surface area contributed by atoms with Gasteiger partial charge in [0.15, 0.2) is 24.4 Å². The Kier molecular flexibility index (Phi) is 23.6. The van der Waals surface area contributed by atoms with Gasteiger partial charge in [0.05, 0.1) is 7.11 Å². The van der Waals surface area contributed by atoms with Crippen LogP contribution in [0.4, 0.5) is 0 Å². The molecule has 1 fully saturated rings. The first kappa shape index (κ1) is 64.6. The summed E-state index contributed by atoms with van der Waals surface area (Å²) in [6.45, 7) is 19.0. The topological polar surface area (TPSA) is 229 Å². The van der Waals surface area contributed by atoms with Crippen LogP contribution >= 0.6 is 0 Å². The van der Waals surface area contributed by atoms with Crippen molar-refractivity contribution in [1.29, 1.82) is 0 Å². The number of amides is 4. The summed E-state index contributed by atoms with van der Waals surface area (Å²) >= 11 is 0. The number of ether oxygens (including phenoxy) is 5. The quantitative estimate of drug-likeness (QED) is 0.130. The Hall–Kier alpha value is -6.89. The molecule has 0 bridgehead atoms. The molecule has 0 spiro atoms. The van der Waals surface area contributed by atoms with Gasteiger partial charge in [-0.15, -0.1) is 0 Å². The molecule has 9 atom stereocenters. The van der Waals surface area contributed by atoms with Gasteiger partial charge in [-0.2, -0.15) is 0 Å². The van der Waals surface area contributed by atoms with Crippen LogP contribution in [-0.4, -0.2) is 161 Å². The fourth-order valence-corrected chi connectivity index (χ4v) is 9.44. The Morgan fingerprint density at radius 3 is 1.15 bits per heavy atom. The second-order valence-electron chi connectivity index (χ2n) is 22.6. The molecule has 1 unspecified atom stereocenters. The van der Waals surface area contributed by atoms with E-state index in [0.717, 1.165) is 19.6 Å². The molecule has 434 valence electrons. The third kappa shape index (κ3) is 17.6. The van der Waals surface area contributed by atoms with Crippen LogP contribution in [0, 0.1) is 23.7 Å². The molecule has 4 amide bonds. The number of likely N-dealkylation sites (N-methyl/N-ethyl adjacent to an activating group) is 4. The van der Waals surface area contributed by atoms with E-state index in [2.05, 4.69) is 4.98 Å². The van der Waals surface area contributed by atoms with Gasteiger partial charge < -0.3 is 48.4 Å². The van der Waals surface area contributed by atoms with Gasteiger partial charge in [-0.3, -0.25) is 19.2 Å².